The van der Waals surface area contributed by atoms with Crippen molar-refractivity contribution in [1.29, 1.82) is 0 Å². The number of fused-ring (bicyclic) bond motifs is 4. The van der Waals surface area contributed by atoms with Gasteiger partial charge in [-0.15, -0.1) is 11.3 Å². The van der Waals surface area contributed by atoms with E-state index in [1.54, 1.807) is 18.4 Å². The van der Waals surface area contributed by atoms with Crippen molar-refractivity contribution < 1.29 is 18.7 Å². The van der Waals surface area contributed by atoms with Crippen molar-refractivity contribution >= 4 is 33.1 Å². The quantitative estimate of drug-likeness (QED) is 0.222. The number of aryl methyl sites for hydroxylation is 1. The van der Waals surface area contributed by atoms with Gasteiger partial charge in [-0.2, -0.15) is 0 Å². The number of alkyl halides is 1. The maximum absolute atomic E-state index is 14.6. The highest BCUT2D eigenvalue weighted by atomic mass is 32.1. The summed E-state index contributed by atoms with van der Waals surface area (Å²) >= 11 is 1.69. The lowest BCUT2D eigenvalue weighted by atomic mass is 9.41. The van der Waals surface area contributed by atoms with Crippen molar-refractivity contribution in [2.75, 3.05) is 25.2 Å². The van der Waals surface area contributed by atoms with E-state index in [1.165, 1.54) is 5.56 Å². The third-order valence-electron chi connectivity index (χ3n) is 10.5. The number of thiazole rings is 1. The molecule has 4 saturated carbocycles. The Kier molecular flexibility index (Phi) is 5.71. The first-order valence-electron chi connectivity index (χ1n) is 15.0. The van der Waals surface area contributed by atoms with E-state index in [9.17, 15) is 9.18 Å². The number of rotatable bonds is 7. The average Bonchev–Trinajstić information content (AvgIpc) is 3.38. The predicted molar refractivity (Wildman–Crippen MR) is 164 cm³/mol. The Hall–Kier alpha value is -3.29. The van der Waals surface area contributed by atoms with Gasteiger partial charge in [-0.05, 0) is 105 Å². The number of ether oxygens (including phenoxy) is 2. The average molecular weight is 583 g/mol. The molecule has 2 saturated heterocycles. The Morgan fingerprint density at radius 3 is 2.40 bits per heavy atom. The van der Waals surface area contributed by atoms with Crippen LogP contribution < -0.4 is 9.64 Å². The van der Waals surface area contributed by atoms with E-state index in [-0.39, 0.29) is 16.9 Å². The molecule has 0 unspecified atom stereocenters. The molecule has 216 valence electrons. The lowest BCUT2D eigenvalue weighted by molar-refractivity contribution is -0.213. The van der Waals surface area contributed by atoms with Gasteiger partial charge in [0.2, 0.25) is 5.91 Å². The summed E-state index contributed by atoms with van der Waals surface area (Å²) in [5, 5.41) is 1.05. The van der Waals surface area contributed by atoms with Crippen LogP contribution in [0.3, 0.4) is 0 Å². The number of amides is 1. The van der Waals surface area contributed by atoms with Crippen molar-refractivity contribution in [3.8, 4) is 16.9 Å². The fourth-order valence-electron chi connectivity index (χ4n) is 8.10. The van der Waals surface area contributed by atoms with Crippen molar-refractivity contribution in [1.82, 2.24) is 4.98 Å². The standard InChI is InChI=1S/C35H35FN2O3S/c1-23-37-29-11-6-25(17-30(29)42-23)24-4-3-5-27(16-24)38(31(39)33-18-34(36,19-33)20-33)21-32-12-14-35(15-13-32,41-22-32)26-7-9-28(40-2)10-8-26/h3-11,16-17H,12-15,18-22H2,1-2H3. The molecule has 4 bridgehead atoms. The number of halogens is 1. The molecule has 0 atom stereocenters. The van der Waals surface area contributed by atoms with E-state index >= 15 is 0 Å². The lowest BCUT2D eigenvalue weighted by Crippen LogP contribution is -2.71. The zero-order valence-corrected chi connectivity index (χ0v) is 24.9. The maximum Gasteiger partial charge on any atom is 0.233 e. The monoisotopic (exact) mass is 582 g/mol. The molecule has 4 aromatic rings. The number of carbonyl (C=O) groups is 1. The SMILES string of the molecule is COc1ccc(C23CCC(CN(C(=O)C45CC(F)(C4)C5)c4cccc(-c5ccc6nc(C)sc6c5)c4)(CC2)CO3)cc1. The molecular formula is C35H35FN2O3S. The zero-order chi connectivity index (χ0) is 28.7. The smallest absolute Gasteiger partial charge is 0.233 e. The van der Waals surface area contributed by atoms with E-state index in [1.807, 2.05) is 36.1 Å². The first-order chi connectivity index (χ1) is 20.2. The van der Waals surface area contributed by atoms with Gasteiger partial charge in [0.15, 0.2) is 0 Å². The number of benzene rings is 3. The highest BCUT2D eigenvalue weighted by molar-refractivity contribution is 7.18. The van der Waals surface area contributed by atoms with Gasteiger partial charge in [0.05, 0.1) is 40.0 Å². The highest BCUT2D eigenvalue weighted by Crippen LogP contribution is 2.70. The summed E-state index contributed by atoms with van der Waals surface area (Å²) in [5.74, 6) is 0.929. The van der Waals surface area contributed by atoms with Crippen molar-refractivity contribution in [2.24, 2.45) is 10.8 Å². The predicted octanol–water partition coefficient (Wildman–Crippen LogP) is 7.99. The normalized spacial score (nSPS) is 30.9. The molecule has 10 rings (SSSR count). The molecule has 3 aromatic carbocycles. The zero-order valence-electron chi connectivity index (χ0n) is 24.1. The largest absolute Gasteiger partial charge is 0.497 e. The minimum Gasteiger partial charge on any atom is -0.497 e. The summed E-state index contributed by atoms with van der Waals surface area (Å²) < 4.78 is 27.8. The van der Waals surface area contributed by atoms with Crippen LogP contribution in [0.2, 0.25) is 0 Å². The van der Waals surface area contributed by atoms with Crippen LogP contribution in [0.5, 0.6) is 5.75 Å². The molecule has 6 aliphatic rings. The minimum atomic E-state index is -1.12. The Morgan fingerprint density at radius 1 is 1.00 bits per heavy atom. The Balaban J connectivity index is 1.09. The Labute approximate surface area is 249 Å². The van der Waals surface area contributed by atoms with Crippen LogP contribution in [0, 0.1) is 17.8 Å². The highest BCUT2D eigenvalue weighted by Gasteiger charge is 2.73. The van der Waals surface area contributed by atoms with E-state index in [2.05, 4.69) is 47.4 Å². The number of hydrogen-bond donors (Lipinski definition) is 0. The second kappa shape index (κ2) is 9.10. The Morgan fingerprint density at radius 2 is 1.74 bits per heavy atom. The summed E-state index contributed by atoms with van der Waals surface area (Å²) in [6.45, 7) is 3.24. The molecular weight excluding hydrogens is 547 g/mol. The van der Waals surface area contributed by atoms with E-state index in [4.69, 9.17) is 9.47 Å². The van der Waals surface area contributed by atoms with Crippen molar-refractivity contribution in [3.05, 3.63) is 77.3 Å². The molecule has 6 fully saturated rings. The van der Waals surface area contributed by atoms with E-state index in [0.29, 0.717) is 32.4 Å². The van der Waals surface area contributed by atoms with Crippen LogP contribution in [0.4, 0.5) is 10.1 Å². The molecule has 2 aliphatic heterocycles. The van der Waals surface area contributed by atoms with Crippen LogP contribution in [0.25, 0.3) is 21.3 Å². The summed E-state index contributed by atoms with van der Waals surface area (Å²) in [6, 6.07) is 22.9. The van der Waals surface area contributed by atoms with Crippen LogP contribution in [0.15, 0.2) is 66.7 Å². The fourth-order valence-corrected chi connectivity index (χ4v) is 8.97. The fraction of sp³-hybridized carbons (Fsp3) is 0.429. The van der Waals surface area contributed by atoms with Crippen LogP contribution in [-0.4, -0.2) is 36.8 Å². The summed E-state index contributed by atoms with van der Waals surface area (Å²) in [5.41, 5.74) is 3.22. The van der Waals surface area contributed by atoms with Crippen molar-refractivity contribution in [3.63, 3.8) is 0 Å². The molecule has 4 aliphatic carbocycles. The summed E-state index contributed by atoms with van der Waals surface area (Å²) in [7, 11) is 1.68. The summed E-state index contributed by atoms with van der Waals surface area (Å²) in [4.78, 5) is 20.8. The first kappa shape index (κ1) is 26.3. The molecule has 7 heteroatoms. The third kappa shape index (κ3) is 4.04. The molecule has 1 aromatic heterocycles. The molecule has 5 nitrogen and oxygen atoms in total. The molecule has 0 N–H and O–H groups in total. The van der Waals surface area contributed by atoms with Crippen molar-refractivity contribution in [2.45, 2.75) is 63.1 Å². The third-order valence-corrected chi connectivity index (χ3v) is 11.5. The molecule has 0 spiro atoms. The van der Waals surface area contributed by atoms with Gasteiger partial charge in [0.25, 0.3) is 0 Å². The van der Waals surface area contributed by atoms with Gasteiger partial charge < -0.3 is 14.4 Å². The van der Waals surface area contributed by atoms with Gasteiger partial charge >= 0.3 is 0 Å². The molecule has 42 heavy (non-hydrogen) atoms. The van der Waals surface area contributed by atoms with E-state index < -0.39 is 11.1 Å². The van der Waals surface area contributed by atoms with Gasteiger partial charge in [0.1, 0.15) is 11.4 Å². The molecule has 1 amide bonds. The molecule has 0 radical (unpaired) electrons. The number of aromatic nitrogens is 1. The maximum atomic E-state index is 14.6. The topological polar surface area (TPSA) is 51.7 Å². The Bertz CT molecular complexity index is 1670. The van der Waals surface area contributed by atoms with Crippen LogP contribution in [0.1, 0.15) is 55.5 Å². The number of carbonyl (C=O) groups excluding carboxylic acids is 1. The van der Waals surface area contributed by atoms with Gasteiger partial charge in [-0.25, -0.2) is 9.37 Å². The first-order valence-corrected chi connectivity index (χ1v) is 15.8. The number of methoxy groups -OCH3 is 1. The second-order valence-corrected chi connectivity index (χ2v) is 14.6. The lowest BCUT2D eigenvalue weighted by Gasteiger charge is -2.65. The van der Waals surface area contributed by atoms with Gasteiger partial charge in [-0.3, -0.25) is 4.79 Å². The molecule has 3 heterocycles. The number of nitrogens with zero attached hydrogens (tertiary/aromatic N) is 2. The van der Waals surface area contributed by atoms with Gasteiger partial charge in [-0.1, -0.05) is 30.3 Å². The minimum absolute atomic E-state index is 0.0830. The summed E-state index contributed by atoms with van der Waals surface area (Å²) in [6.07, 6.45) is 4.91. The van der Waals surface area contributed by atoms with Crippen LogP contribution in [-0.2, 0) is 15.1 Å². The van der Waals surface area contributed by atoms with E-state index in [0.717, 1.165) is 63.5 Å². The number of hydrogen-bond acceptors (Lipinski definition) is 5. The van der Waals surface area contributed by atoms with Crippen LogP contribution >= 0.6 is 11.3 Å². The second-order valence-electron chi connectivity index (χ2n) is 13.3. The number of anilines is 1. The van der Waals surface area contributed by atoms with Gasteiger partial charge in [0, 0.05) is 17.6 Å².